The van der Waals surface area contributed by atoms with Crippen molar-refractivity contribution in [1.29, 1.82) is 0 Å². The van der Waals surface area contributed by atoms with Crippen molar-refractivity contribution < 1.29 is 9.63 Å². The zero-order valence-electron chi connectivity index (χ0n) is 23.2. The molecule has 2 saturated carbocycles. The lowest BCUT2D eigenvalue weighted by Crippen LogP contribution is -2.31. The van der Waals surface area contributed by atoms with Crippen LogP contribution < -0.4 is 16.4 Å². The van der Waals surface area contributed by atoms with Gasteiger partial charge in [-0.25, -0.2) is 14.8 Å². The molecule has 3 heterocycles. The van der Waals surface area contributed by atoms with E-state index in [1.165, 1.54) is 19.3 Å². The van der Waals surface area contributed by atoms with E-state index < -0.39 is 5.76 Å². The van der Waals surface area contributed by atoms with Crippen molar-refractivity contribution in [2.75, 3.05) is 17.2 Å². The van der Waals surface area contributed by atoms with E-state index in [0.29, 0.717) is 41.7 Å². The van der Waals surface area contributed by atoms with Gasteiger partial charge in [-0.2, -0.15) is 4.98 Å². The summed E-state index contributed by atoms with van der Waals surface area (Å²) in [7, 11) is 0. The van der Waals surface area contributed by atoms with Crippen LogP contribution >= 0.6 is 0 Å². The molecule has 4 aromatic rings. The number of benzene rings is 1. The number of fused-ring (bicyclic) bond motifs is 1. The SMILES string of the molecule is C#CC1CCC(Cn2c(NC(CO)c3ccccc3)nc3nc(-c4noc(=O)[nH]4)nc(NC(C)C4CCC4)c32)CC1. The molecular formula is C30H36N8O3. The van der Waals surface area contributed by atoms with Gasteiger partial charge in [0, 0.05) is 18.5 Å². The van der Waals surface area contributed by atoms with Crippen LogP contribution in [0.15, 0.2) is 39.6 Å². The summed E-state index contributed by atoms with van der Waals surface area (Å²) < 4.78 is 6.88. The highest BCUT2D eigenvalue weighted by molar-refractivity contribution is 5.87. The normalized spacial score (nSPS) is 20.7. The first-order chi connectivity index (χ1) is 20.0. The van der Waals surface area contributed by atoms with Crippen molar-refractivity contribution in [3.63, 3.8) is 0 Å². The van der Waals surface area contributed by atoms with Gasteiger partial charge in [-0.05, 0) is 62.8 Å². The summed E-state index contributed by atoms with van der Waals surface area (Å²) in [6.45, 7) is 2.77. The molecule has 1 aromatic carbocycles. The largest absolute Gasteiger partial charge is 0.439 e. The minimum atomic E-state index is -0.676. The van der Waals surface area contributed by atoms with Gasteiger partial charge in [-0.15, -0.1) is 12.3 Å². The van der Waals surface area contributed by atoms with Crippen LogP contribution in [-0.2, 0) is 6.54 Å². The number of terminal acetylenes is 1. The van der Waals surface area contributed by atoms with Crippen LogP contribution in [0.5, 0.6) is 0 Å². The summed E-state index contributed by atoms with van der Waals surface area (Å²) in [4.78, 5) is 28.7. The van der Waals surface area contributed by atoms with Crippen molar-refractivity contribution in [2.24, 2.45) is 17.8 Å². The van der Waals surface area contributed by atoms with E-state index in [4.69, 9.17) is 25.9 Å². The summed E-state index contributed by atoms with van der Waals surface area (Å²) in [5.41, 5.74) is 2.19. The fourth-order valence-electron chi connectivity index (χ4n) is 5.98. The smallest absolute Gasteiger partial charge is 0.394 e. The highest BCUT2D eigenvalue weighted by Gasteiger charge is 2.29. The predicted molar refractivity (Wildman–Crippen MR) is 156 cm³/mol. The summed E-state index contributed by atoms with van der Waals surface area (Å²) in [5.74, 6) is 5.14. The Balaban J connectivity index is 1.45. The molecule has 0 saturated heterocycles. The predicted octanol–water partition coefficient (Wildman–Crippen LogP) is 4.36. The Morgan fingerprint density at radius 2 is 1.90 bits per heavy atom. The van der Waals surface area contributed by atoms with E-state index in [1.54, 1.807) is 0 Å². The van der Waals surface area contributed by atoms with Crippen LogP contribution in [0.1, 0.15) is 63.5 Å². The minimum absolute atomic E-state index is 0.110. The second kappa shape index (κ2) is 11.7. The lowest BCUT2D eigenvalue weighted by atomic mass is 9.80. The first-order valence-corrected chi connectivity index (χ1v) is 14.5. The maximum Gasteiger partial charge on any atom is 0.439 e. The Morgan fingerprint density at radius 3 is 2.54 bits per heavy atom. The summed E-state index contributed by atoms with van der Waals surface area (Å²) in [6.07, 6.45) is 13.4. The fraction of sp³-hybridized carbons (Fsp3) is 0.500. The van der Waals surface area contributed by atoms with Gasteiger partial charge in [0.1, 0.15) is 5.52 Å². The quantitative estimate of drug-likeness (QED) is 0.209. The molecule has 0 bridgehead atoms. The Bertz CT molecular complexity index is 1570. The molecule has 2 aliphatic carbocycles. The number of hydrogen-bond acceptors (Lipinski definition) is 9. The Hall–Kier alpha value is -4.17. The lowest BCUT2D eigenvalue weighted by molar-refractivity contribution is 0.273. The van der Waals surface area contributed by atoms with Crippen molar-refractivity contribution in [3.8, 4) is 24.0 Å². The number of aromatic nitrogens is 6. The summed E-state index contributed by atoms with van der Waals surface area (Å²) in [5, 5.41) is 21.3. The number of aliphatic hydroxyl groups excluding tert-OH is 1. The number of anilines is 2. The highest BCUT2D eigenvalue weighted by Crippen LogP contribution is 2.36. The molecule has 11 heteroatoms. The van der Waals surface area contributed by atoms with Gasteiger partial charge in [0.15, 0.2) is 11.5 Å². The van der Waals surface area contributed by atoms with E-state index in [9.17, 15) is 9.90 Å². The molecule has 0 amide bonds. The van der Waals surface area contributed by atoms with Crippen molar-refractivity contribution in [3.05, 3.63) is 46.4 Å². The molecule has 6 rings (SSSR count). The van der Waals surface area contributed by atoms with Crippen LogP contribution in [0.2, 0.25) is 0 Å². The fourth-order valence-corrected chi connectivity index (χ4v) is 5.98. The van der Waals surface area contributed by atoms with Crippen LogP contribution in [0.25, 0.3) is 22.8 Å². The average Bonchev–Trinajstić information content (AvgIpc) is 3.54. The molecule has 2 fully saturated rings. The monoisotopic (exact) mass is 556 g/mol. The standard InChI is InChI=1S/C30H36N8O3/c1-3-19-12-14-20(15-13-19)16-38-24-25(31-18(2)21-10-7-11-21)33-27(28-36-30(40)41-37-28)34-26(24)35-29(38)32-23(17-39)22-8-5-4-6-9-22/h1,4-6,8-9,18-21,23,39H,7,10-17H2,2H3,(H,36,37,40)(H2,31,32,33,34,35). The van der Waals surface area contributed by atoms with Gasteiger partial charge < -0.3 is 20.3 Å². The molecule has 3 aromatic heterocycles. The van der Waals surface area contributed by atoms with Crippen LogP contribution in [0.4, 0.5) is 11.8 Å². The van der Waals surface area contributed by atoms with Gasteiger partial charge >= 0.3 is 5.76 Å². The number of aliphatic hydroxyl groups is 1. The second-order valence-corrected chi connectivity index (χ2v) is 11.4. The molecular weight excluding hydrogens is 520 g/mol. The number of aromatic amines is 1. The maximum absolute atomic E-state index is 11.7. The Morgan fingerprint density at radius 1 is 1.12 bits per heavy atom. The summed E-state index contributed by atoms with van der Waals surface area (Å²) in [6, 6.07) is 9.63. The number of hydrogen-bond donors (Lipinski definition) is 4. The molecule has 2 unspecified atom stereocenters. The van der Waals surface area contributed by atoms with Crippen molar-refractivity contribution >= 4 is 22.9 Å². The molecule has 214 valence electrons. The van der Waals surface area contributed by atoms with E-state index in [-0.39, 0.29) is 30.3 Å². The molecule has 0 radical (unpaired) electrons. The van der Waals surface area contributed by atoms with Crippen LogP contribution in [0, 0.1) is 30.1 Å². The van der Waals surface area contributed by atoms with Gasteiger partial charge in [0.25, 0.3) is 0 Å². The third-order valence-electron chi connectivity index (χ3n) is 8.69. The zero-order valence-corrected chi connectivity index (χ0v) is 23.2. The second-order valence-electron chi connectivity index (χ2n) is 11.4. The first-order valence-electron chi connectivity index (χ1n) is 14.5. The Kier molecular flexibility index (Phi) is 7.74. The minimum Gasteiger partial charge on any atom is -0.394 e. The highest BCUT2D eigenvalue weighted by atomic mass is 16.5. The van der Waals surface area contributed by atoms with E-state index in [1.807, 2.05) is 30.3 Å². The molecule has 2 atom stereocenters. The van der Waals surface area contributed by atoms with Gasteiger partial charge in [0.2, 0.25) is 17.6 Å². The average molecular weight is 557 g/mol. The Labute approximate surface area is 238 Å². The van der Waals surface area contributed by atoms with E-state index in [2.05, 4.69) is 38.2 Å². The zero-order chi connectivity index (χ0) is 28.3. The molecule has 11 nitrogen and oxygen atoms in total. The van der Waals surface area contributed by atoms with Gasteiger partial charge in [0.05, 0.1) is 12.6 Å². The van der Waals surface area contributed by atoms with Gasteiger partial charge in [-0.1, -0.05) is 41.9 Å². The third-order valence-corrected chi connectivity index (χ3v) is 8.69. The molecule has 0 aliphatic heterocycles. The molecule has 0 spiro atoms. The third kappa shape index (κ3) is 5.70. The molecule has 2 aliphatic rings. The van der Waals surface area contributed by atoms with Crippen molar-refractivity contribution in [2.45, 2.75) is 70.5 Å². The summed E-state index contributed by atoms with van der Waals surface area (Å²) >= 11 is 0. The number of rotatable bonds is 10. The lowest BCUT2D eigenvalue weighted by Gasteiger charge is -2.32. The van der Waals surface area contributed by atoms with Crippen LogP contribution in [0.3, 0.4) is 0 Å². The number of nitrogens with zero attached hydrogens (tertiary/aromatic N) is 5. The molecule has 41 heavy (non-hydrogen) atoms. The maximum atomic E-state index is 11.7. The number of H-pyrrole nitrogens is 1. The van der Waals surface area contributed by atoms with Crippen LogP contribution in [-0.4, -0.2) is 47.4 Å². The molecule has 4 N–H and O–H groups in total. The van der Waals surface area contributed by atoms with E-state index in [0.717, 1.165) is 36.8 Å². The number of nitrogens with one attached hydrogen (secondary N) is 3. The van der Waals surface area contributed by atoms with Gasteiger partial charge in [-0.3, -0.25) is 9.51 Å². The number of imidazole rings is 1. The van der Waals surface area contributed by atoms with Crippen molar-refractivity contribution in [1.82, 2.24) is 29.7 Å². The van der Waals surface area contributed by atoms with E-state index >= 15 is 0 Å². The first kappa shape index (κ1) is 27.0. The topological polar surface area (TPSA) is 147 Å².